The topological polar surface area (TPSA) is 21.3 Å². The van der Waals surface area contributed by atoms with E-state index in [0.717, 1.165) is 17.3 Å². The van der Waals surface area contributed by atoms with E-state index in [1.165, 1.54) is 11.1 Å². The third-order valence-corrected chi connectivity index (χ3v) is 3.38. The predicted octanol–water partition coefficient (Wildman–Crippen LogP) is 4.38. The van der Waals surface area contributed by atoms with E-state index in [9.17, 15) is 0 Å². The van der Waals surface area contributed by atoms with Crippen LogP contribution in [0.25, 0.3) is 0 Å². The van der Waals surface area contributed by atoms with Gasteiger partial charge in [0.15, 0.2) is 0 Å². The fourth-order valence-electron chi connectivity index (χ4n) is 2.12. The van der Waals surface area contributed by atoms with Gasteiger partial charge in [-0.15, -0.1) is 0 Å². The molecule has 0 aliphatic rings. The second-order valence-corrected chi connectivity index (χ2v) is 5.23. The Labute approximate surface area is 125 Å². The second kappa shape index (κ2) is 7.32. The molecule has 0 aromatic heterocycles. The molecule has 0 fully saturated rings. The normalized spacial score (nSPS) is 12.2. The number of ether oxygens (including phenoxy) is 1. The van der Waals surface area contributed by atoms with Crippen LogP contribution in [-0.4, -0.2) is 13.2 Å². The molecule has 1 unspecified atom stereocenters. The molecule has 0 radical (unpaired) electrons. The monoisotopic (exact) mass is 289 g/mol. The number of benzene rings is 2. The van der Waals surface area contributed by atoms with Crippen LogP contribution in [0.2, 0.25) is 5.02 Å². The van der Waals surface area contributed by atoms with Crippen LogP contribution in [0.15, 0.2) is 48.5 Å². The highest BCUT2D eigenvalue weighted by molar-refractivity contribution is 6.30. The first-order chi connectivity index (χ1) is 9.69. The minimum absolute atomic E-state index is 0.190. The van der Waals surface area contributed by atoms with Crippen molar-refractivity contribution in [3.8, 4) is 5.75 Å². The van der Waals surface area contributed by atoms with Crippen LogP contribution >= 0.6 is 11.6 Å². The molecule has 106 valence electrons. The molecule has 1 N–H and O–H groups in total. The summed E-state index contributed by atoms with van der Waals surface area (Å²) in [6.45, 7) is 5.71. The first-order valence-corrected chi connectivity index (χ1v) is 7.25. The highest BCUT2D eigenvalue weighted by Crippen LogP contribution is 2.19. The Morgan fingerprint density at radius 2 is 1.90 bits per heavy atom. The molecule has 2 aromatic carbocycles. The Morgan fingerprint density at radius 3 is 2.55 bits per heavy atom. The van der Waals surface area contributed by atoms with Gasteiger partial charge in [-0.2, -0.15) is 0 Å². The highest BCUT2D eigenvalue weighted by atomic mass is 35.5. The summed E-state index contributed by atoms with van der Waals surface area (Å²) in [6, 6.07) is 16.2. The van der Waals surface area contributed by atoms with Gasteiger partial charge >= 0.3 is 0 Å². The van der Waals surface area contributed by atoms with Gasteiger partial charge in [0, 0.05) is 5.02 Å². The SMILES string of the molecule is CCNC(COc1ccc(Cl)cc1)c1cccc(C)c1. The summed E-state index contributed by atoms with van der Waals surface area (Å²) < 4.78 is 5.85. The average molecular weight is 290 g/mol. The highest BCUT2D eigenvalue weighted by Gasteiger charge is 2.11. The van der Waals surface area contributed by atoms with E-state index >= 15 is 0 Å². The van der Waals surface area contributed by atoms with Crippen LogP contribution in [0, 0.1) is 6.92 Å². The summed E-state index contributed by atoms with van der Waals surface area (Å²) in [7, 11) is 0. The first kappa shape index (κ1) is 14.9. The molecule has 0 aliphatic carbocycles. The van der Waals surface area contributed by atoms with Crippen molar-refractivity contribution in [2.45, 2.75) is 19.9 Å². The van der Waals surface area contributed by atoms with Gasteiger partial charge in [0.2, 0.25) is 0 Å². The lowest BCUT2D eigenvalue weighted by atomic mass is 10.1. The van der Waals surface area contributed by atoms with Gasteiger partial charge in [0.25, 0.3) is 0 Å². The van der Waals surface area contributed by atoms with Gasteiger partial charge in [-0.3, -0.25) is 0 Å². The molecule has 0 saturated carbocycles. The number of hydrogen-bond donors (Lipinski definition) is 1. The van der Waals surface area contributed by atoms with Gasteiger partial charge < -0.3 is 10.1 Å². The molecule has 3 heteroatoms. The second-order valence-electron chi connectivity index (χ2n) is 4.79. The molecule has 2 aromatic rings. The summed E-state index contributed by atoms with van der Waals surface area (Å²) in [4.78, 5) is 0. The molecule has 2 nitrogen and oxygen atoms in total. The smallest absolute Gasteiger partial charge is 0.119 e. The maximum Gasteiger partial charge on any atom is 0.119 e. The molecule has 0 heterocycles. The van der Waals surface area contributed by atoms with Crippen molar-refractivity contribution in [1.29, 1.82) is 0 Å². The van der Waals surface area contributed by atoms with E-state index in [-0.39, 0.29) is 6.04 Å². The number of aryl methyl sites for hydroxylation is 1. The summed E-state index contributed by atoms with van der Waals surface area (Å²) >= 11 is 5.87. The Kier molecular flexibility index (Phi) is 5.45. The molecule has 1 atom stereocenters. The molecular weight excluding hydrogens is 270 g/mol. The van der Waals surface area contributed by atoms with Crippen molar-refractivity contribution in [2.24, 2.45) is 0 Å². The number of likely N-dealkylation sites (N-methyl/N-ethyl adjacent to an activating group) is 1. The van der Waals surface area contributed by atoms with Crippen molar-refractivity contribution in [3.05, 3.63) is 64.7 Å². The van der Waals surface area contributed by atoms with E-state index < -0.39 is 0 Å². The van der Waals surface area contributed by atoms with E-state index in [4.69, 9.17) is 16.3 Å². The molecule has 2 rings (SSSR count). The van der Waals surface area contributed by atoms with Crippen LogP contribution in [0.5, 0.6) is 5.75 Å². The number of hydrogen-bond acceptors (Lipinski definition) is 2. The number of rotatable bonds is 6. The Bertz CT molecular complexity index is 539. The lowest BCUT2D eigenvalue weighted by Gasteiger charge is -2.19. The van der Waals surface area contributed by atoms with Crippen molar-refractivity contribution < 1.29 is 4.74 Å². The van der Waals surface area contributed by atoms with Gasteiger partial charge in [-0.1, -0.05) is 48.4 Å². The quantitative estimate of drug-likeness (QED) is 0.852. The number of halogens is 1. The fraction of sp³-hybridized carbons (Fsp3) is 0.294. The standard InChI is InChI=1S/C17H20ClNO/c1-3-19-17(14-6-4-5-13(2)11-14)12-20-16-9-7-15(18)8-10-16/h4-11,17,19H,3,12H2,1-2H3. The minimum atomic E-state index is 0.190. The minimum Gasteiger partial charge on any atom is -0.492 e. The number of nitrogens with one attached hydrogen (secondary N) is 1. The third-order valence-electron chi connectivity index (χ3n) is 3.13. The van der Waals surface area contributed by atoms with E-state index in [2.05, 4.69) is 43.4 Å². The maximum atomic E-state index is 5.87. The Hall–Kier alpha value is -1.51. The Morgan fingerprint density at radius 1 is 1.15 bits per heavy atom. The van der Waals surface area contributed by atoms with Gasteiger partial charge in [-0.25, -0.2) is 0 Å². The summed E-state index contributed by atoms with van der Waals surface area (Å²) in [5.74, 6) is 0.838. The van der Waals surface area contributed by atoms with E-state index in [0.29, 0.717) is 6.61 Å². The summed E-state index contributed by atoms with van der Waals surface area (Å²) in [6.07, 6.45) is 0. The first-order valence-electron chi connectivity index (χ1n) is 6.87. The van der Waals surface area contributed by atoms with Crippen LogP contribution in [0.3, 0.4) is 0 Å². The molecule has 0 amide bonds. The third kappa shape index (κ3) is 4.26. The molecular formula is C17H20ClNO. The van der Waals surface area contributed by atoms with Crippen molar-refractivity contribution in [3.63, 3.8) is 0 Å². The van der Waals surface area contributed by atoms with Crippen LogP contribution in [0.4, 0.5) is 0 Å². The zero-order chi connectivity index (χ0) is 14.4. The molecule has 0 bridgehead atoms. The van der Waals surface area contributed by atoms with E-state index in [1.54, 1.807) is 0 Å². The zero-order valence-corrected chi connectivity index (χ0v) is 12.7. The van der Waals surface area contributed by atoms with Crippen molar-refractivity contribution in [2.75, 3.05) is 13.2 Å². The van der Waals surface area contributed by atoms with Crippen molar-refractivity contribution in [1.82, 2.24) is 5.32 Å². The average Bonchev–Trinajstić information content (AvgIpc) is 2.45. The largest absolute Gasteiger partial charge is 0.492 e. The van der Waals surface area contributed by atoms with Gasteiger partial charge in [0.1, 0.15) is 12.4 Å². The van der Waals surface area contributed by atoms with Gasteiger partial charge in [0.05, 0.1) is 6.04 Å². The molecule has 0 aliphatic heterocycles. The molecule has 20 heavy (non-hydrogen) atoms. The maximum absolute atomic E-state index is 5.87. The Balaban J connectivity index is 2.04. The van der Waals surface area contributed by atoms with Crippen LogP contribution in [-0.2, 0) is 0 Å². The summed E-state index contributed by atoms with van der Waals surface area (Å²) in [5.41, 5.74) is 2.51. The lowest BCUT2D eigenvalue weighted by Crippen LogP contribution is -2.26. The predicted molar refractivity (Wildman–Crippen MR) is 84.5 cm³/mol. The molecule has 0 spiro atoms. The van der Waals surface area contributed by atoms with Crippen molar-refractivity contribution >= 4 is 11.6 Å². The zero-order valence-electron chi connectivity index (χ0n) is 11.9. The summed E-state index contributed by atoms with van der Waals surface area (Å²) in [5, 5.41) is 4.18. The lowest BCUT2D eigenvalue weighted by molar-refractivity contribution is 0.268. The van der Waals surface area contributed by atoms with Crippen LogP contribution in [0.1, 0.15) is 24.1 Å². The van der Waals surface area contributed by atoms with Gasteiger partial charge in [-0.05, 0) is 43.3 Å². The van der Waals surface area contributed by atoms with E-state index in [1.807, 2.05) is 24.3 Å². The van der Waals surface area contributed by atoms with Crippen LogP contribution < -0.4 is 10.1 Å². The fourth-order valence-corrected chi connectivity index (χ4v) is 2.24. The molecule has 0 saturated heterocycles.